The molecule has 150 valence electrons. The Hall–Kier alpha value is -1.60. The third-order valence-electron chi connectivity index (χ3n) is 4.39. The minimum absolute atomic E-state index is 0. The molecule has 0 aliphatic rings. The maximum atomic E-state index is 13.3. The molecule has 0 aliphatic carbocycles. The van der Waals surface area contributed by atoms with Crippen LogP contribution in [0.3, 0.4) is 0 Å². The van der Waals surface area contributed by atoms with Gasteiger partial charge in [-0.25, -0.2) is 4.98 Å². The van der Waals surface area contributed by atoms with E-state index < -0.39 is 0 Å². The van der Waals surface area contributed by atoms with Gasteiger partial charge in [-0.2, -0.15) is 0 Å². The average Bonchev–Trinajstić information content (AvgIpc) is 3.05. The van der Waals surface area contributed by atoms with Gasteiger partial charge in [0.2, 0.25) is 0 Å². The van der Waals surface area contributed by atoms with Gasteiger partial charge in [0.1, 0.15) is 0 Å². The van der Waals surface area contributed by atoms with Gasteiger partial charge in [-0.05, 0) is 75.7 Å². The maximum Gasteiger partial charge on any atom is 0.260 e. The van der Waals surface area contributed by atoms with Crippen LogP contribution in [0.2, 0.25) is 0 Å². The summed E-state index contributed by atoms with van der Waals surface area (Å²) >= 11 is 3.27. The number of nitrogens with zero attached hydrogens (tertiary/aromatic N) is 3. The van der Waals surface area contributed by atoms with E-state index in [9.17, 15) is 4.79 Å². The predicted molar refractivity (Wildman–Crippen MR) is 125 cm³/mol. The van der Waals surface area contributed by atoms with Crippen LogP contribution in [-0.2, 0) is 0 Å². The van der Waals surface area contributed by atoms with Gasteiger partial charge in [0.25, 0.3) is 5.91 Å². The fourth-order valence-electron chi connectivity index (χ4n) is 2.95. The topological polar surface area (TPSA) is 36.4 Å². The van der Waals surface area contributed by atoms with Crippen molar-refractivity contribution >= 4 is 56.8 Å². The molecule has 7 heteroatoms. The number of hydrogen-bond acceptors (Lipinski definition) is 5. The fourth-order valence-corrected chi connectivity index (χ4v) is 4.40. The number of benzene rings is 2. The molecule has 1 amide bonds. The molecular weight excluding hydrogens is 410 g/mol. The number of thiazole rings is 1. The SMILES string of the molecule is CSc1ccc(C(=O)N(CCN(C)C)c2nc3cc(C)cc(C)c3s2)cc1.Cl. The van der Waals surface area contributed by atoms with Crippen LogP contribution in [0, 0.1) is 13.8 Å². The highest BCUT2D eigenvalue weighted by Gasteiger charge is 2.22. The summed E-state index contributed by atoms with van der Waals surface area (Å²) in [6.45, 7) is 5.56. The van der Waals surface area contributed by atoms with Crippen LogP contribution in [0.4, 0.5) is 5.13 Å². The van der Waals surface area contributed by atoms with E-state index in [1.165, 1.54) is 11.1 Å². The number of hydrogen-bond donors (Lipinski definition) is 0. The second kappa shape index (κ2) is 9.74. The van der Waals surface area contributed by atoms with E-state index in [-0.39, 0.29) is 18.3 Å². The molecule has 0 spiro atoms. The Bertz CT molecular complexity index is 954. The molecule has 28 heavy (non-hydrogen) atoms. The van der Waals surface area contributed by atoms with Gasteiger partial charge in [-0.1, -0.05) is 17.4 Å². The number of likely N-dealkylation sites (N-methyl/N-ethyl adjacent to an activating group) is 1. The van der Waals surface area contributed by atoms with Crippen LogP contribution in [-0.4, -0.2) is 49.2 Å². The van der Waals surface area contributed by atoms with Crippen molar-refractivity contribution in [1.29, 1.82) is 0 Å². The summed E-state index contributed by atoms with van der Waals surface area (Å²) in [5.41, 5.74) is 4.06. The smallest absolute Gasteiger partial charge is 0.260 e. The monoisotopic (exact) mass is 435 g/mol. The van der Waals surface area contributed by atoms with E-state index in [1.807, 2.05) is 49.5 Å². The Labute approximate surface area is 181 Å². The number of fused-ring (bicyclic) bond motifs is 1. The first-order chi connectivity index (χ1) is 12.9. The second-order valence-corrected chi connectivity index (χ2v) is 8.77. The molecule has 0 atom stereocenters. The Balaban J connectivity index is 0.00000280. The molecule has 2 aromatic carbocycles. The van der Waals surface area contributed by atoms with Gasteiger partial charge in [0.15, 0.2) is 5.13 Å². The summed E-state index contributed by atoms with van der Waals surface area (Å²) < 4.78 is 1.15. The highest BCUT2D eigenvalue weighted by molar-refractivity contribution is 7.98. The quantitative estimate of drug-likeness (QED) is 0.494. The van der Waals surface area contributed by atoms with E-state index >= 15 is 0 Å². The molecule has 0 unspecified atom stereocenters. The number of aryl methyl sites for hydroxylation is 2. The molecular formula is C21H26ClN3OS2. The normalized spacial score (nSPS) is 10.9. The third kappa shape index (κ3) is 5.06. The van der Waals surface area contributed by atoms with Gasteiger partial charge in [-0.15, -0.1) is 24.2 Å². The van der Waals surface area contributed by atoms with Crippen LogP contribution in [0.25, 0.3) is 10.2 Å². The summed E-state index contributed by atoms with van der Waals surface area (Å²) in [5.74, 6) is -0.00191. The van der Waals surface area contributed by atoms with Crippen molar-refractivity contribution in [2.24, 2.45) is 0 Å². The summed E-state index contributed by atoms with van der Waals surface area (Å²) in [4.78, 5) is 23.1. The third-order valence-corrected chi connectivity index (χ3v) is 6.37. The van der Waals surface area contributed by atoms with Crippen molar-refractivity contribution in [1.82, 2.24) is 9.88 Å². The summed E-state index contributed by atoms with van der Waals surface area (Å²) in [7, 11) is 4.03. The maximum absolute atomic E-state index is 13.3. The molecule has 0 N–H and O–H groups in total. The van der Waals surface area contributed by atoms with Crippen molar-refractivity contribution in [3.05, 3.63) is 53.1 Å². The highest BCUT2D eigenvalue weighted by atomic mass is 35.5. The lowest BCUT2D eigenvalue weighted by Gasteiger charge is -2.22. The van der Waals surface area contributed by atoms with Crippen LogP contribution < -0.4 is 4.90 Å². The van der Waals surface area contributed by atoms with Crippen LogP contribution in [0.15, 0.2) is 41.3 Å². The summed E-state index contributed by atoms with van der Waals surface area (Å²) in [6.07, 6.45) is 2.03. The molecule has 0 saturated carbocycles. The lowest BCUT2D eigenvalue weighted by molar-refractivity contribution is 0.0985. The van der Waals surface area contributed by atoms with Gasteiger partial charge >= 0.3 is 0 Å². The number of aromatic nitrogens is 1. The number of amides is 1. The van der Waals surface area contributed by atoms with Gasteiger partial charge < -0.3 is 4.90 Å². The molecule has 3 rings (SSSR count). The van der Waals surface area contributed by atoms with E-state index in [0.29, 0.717) is 12.1 Å². The minimum atomic E-state index is -0.00191. The second-order valence-electron chi connectivity index (χ2n) is 6.92. The van der Waals surface area contributed by atoms with E-state index in [1.54, 1.807) is 23.1 Å². The van der Waals surface area contributed by atoms with Gasteiger partial charge in [0.05, 0.1) is 10.2 Å². The van der Waals surface area contributed by atoms with Gasteiger partial charge in [-0.3, -0.25) is 9.69 Å². The first-order valence-electron chi connectivity index (χ1n) is 8.87. The van der Waals surface area contributed by atoms with Crippen LogP contribution in [0.5, 0.6) is 0 Å². The number of halogens is 1. The van der Waals surface area contributed by atoms with Crippen LogP contribution >= 0.6 is 35.5 Å². The molecule has 4 nitrogen and oxygen atoms in total. The molecule has 0 saturated heterocycles. The number of carbonyl (C=O) groups excluding carboxylic acids is 1. The lowest BCUT2D eigenvalue weighted by atomic mass is 10.1. The predicted octanol–water partition coefficient (Wildman–Crippen LogP) is 5.27. The Kier molecular flexibility index (Phi) is 7.89. The molecule has 1 heterocycles. The van der Waals surface area contributed by atoms with Crippen LogP contribution in [0.1, 0.15) is 21.5 Å². The Morgan fingerprint density at radius 1 is 1.11 bits per heavy atom. The Morgan fingerprint density at radius 2 is 1.79 bits per heavy atom. The zero-order valence-electron chi connectivity index (χ0n) is 16.9. The van der Waals surface area contributed by atoms with E-state index in [2.05, 4.69) is 30.9 Å². The van der Waals surface area contributed by atoms with E-state index in [4.69, 9.17) is 4.98 Å². The summed E-state index contributed by atoms with van der Waals surface area (Å²) in [6, 6.07) is 12.0. The number of thioether (sulfide) groups is 1. The molecule has 0 bridgehead atoms. The number of carbonyl (C=O) groups is 1. The molecule has 0 aliphatic heterocycles. The summed E-state index contributed by atoms with van der Waals surface area (Å²) in [5, 5.41) is 0.763. The first kappa shape index (κ1) is 22.7. The molecule has 1 aromatic heterocycles. The van der Waals surface area contributed by atoms with Crippen molar-refractivity contribution in [3.8, 4) is 0 Å². The van der Waals surface area contributed by atoms with Crippen molar-refractivity contribution in [2.75, 3.05) is 38.3 Å². The molecule has 0 fully saturated rings. The molecule has 0 radical (unpaired) electrons. The first-order valence-corrected chi connectivity index (χ1v) is 10.9. The minimum Gasteiger partial charge on any atom is -0.308 e. The number of rotatable bonds is 6. The van der Waals surface area contributed by atoms with Gasteiger partial charge in [0, 0.05) is 23.5 Å². The highest BCUT2D eigenvalue weighted by Crippen LogP contribution is 2.33. The van der Waals surface area contributed by atoms with Crippen molar-refractivity contribution in [2.45, 2.75) is 18.7 Å². The fraction of sp³-hybridized carbons (Fsp3) is 0.333. The zero-order chi connectivity index (χ0) is 19.6. The van der Waals surface area contributed by atoms with E-state index in [0.717, 1.165) is 26.8 Å². The average molecular weight is 436 g/mol. The largest absolute Gasteiger partial charge is 0.308 e. The standard InChI is InChI=1S/C21H25N3OS2.ClH/c1-14-12-15(2)19-18(13-14)22-21(27-19)24(11-10-23(3)4)20(25)16-6-8-17(26-5)9-7-16;/h6-9,12-13H,10-11H2,1-5H3;1H. The Morgan fingerprint density at radius 3 is 2.39 bits per heavy atom. The zero-order valence-corrected chi connectivity index (χ0v) is 19.3. The van der Waals surface area contributed by atoms with Crippen molar-refractivity contribution in [3.63, 3.8) is 0 Å². The molecule has 3 aromatic rings. The van der Waals surface area contributed by atoms with Crippen molar-refractivity contribution < 1.29 is 4.79 Å². The number of anilines is 1. The lowest BCUT2D eigenvalue weighted by Crippen LogP contribution is -2.36.